The van der Waals surface area contributed by atoms with Crippen LogP contribution in [0.15, 0.2) is 39.6 Å². The van der Waals surface area contributed by atoms with Gasteiger partial charge >= 0.3 is 5.97 Å². The molecule has 0 fully saturated rings. The molecular weight excluding hydrogens is 464 g/mol. The molecule has 0 amide bonds. The van der Waals surface area contributed by atoms with Gasteiger partial charge in [-0.3, -0.25) is 4.79 Å². The minimum absolute atomic E-state index is 0.0295. The van der Waals surface area contributed by atoms with Gasteiger partial charge in [-0.1, -0.05) is 11.6 Å². The highest BCUT2D eigenvalue weighted by atomic mass is 79.9. The summed E-state index contributed by atoms with van der Waals surface area (Å²) in [6.07, 6.45) is 1.61. The number of hydrogen-bond acceptors (Lipinski definition) is 5. The van der Waals surface area contributed by atoms with Crippen LogP contribution in [-0.4, -0.2) is 34.8 Å². The van der Waals surface area contributed by atoms with Gasteiger partial charge in [-0.2, -0.15) is 0 Å². The normalized spacial score (nSPS) is 11.5. The lowest BCUT2D eigenvalue weighted by atomic mass is 10.1. The summed E-state index contributed by atoms with van der Waals surface area (Å²) in [5, 5.41) is 9.59. The van der Waals surface area contributed by atoms with E-state index in [1.54, 1.807) is 18.2 Å². The Kier molecular flexibility index (Phi) is 6.24. The molecule has 2 aromatic carbocycles. The lowest BCUT2D eigenvalue weighted by Crippen LogP contribution is -2.11. The third-order valence-electron chi connectivity index (χ3n) is 4.01. The number of carboxylic acids is 1. The Bertz CT molecular complexity index is 1190. The molecule has 7 nitrogen and oxygen atoms in total. The van der Waals surface area contributed by atoms with E-state index in [4.69, 9.17) is 26.2 Å². The summed E-state index contributed by atoms with van der Waals surface area (Å²) in [5.41, 5.74) is 0.533. The van der Waals surface area contributed by atoms with E-state index >= 15 is 0 Å². The van der Waals surface area contributed by atoms with Crippen LogP contribution >= 0.6 is 27.5 Å². The van der Waals surface area contributed by atoms with Gasteiger partial charge in [0.25, 0.3) is 5.56 Å². The number of ether oxygens (including phenoxy) is 2. The lowest BCUT2D eigenvalue weighted by Gasteiger charge is -2.12. The van der Waals surface area contributed by atoms with Gasteiger partial charge in [-0.05, 0) is 64.8 Å². The van der Waals surface area contributed by atoms with Crippen molar-refractivity contribution in [3.8, 4) is 11.5 Å². The van der Waals surface area contributed by atoms with Crippen LogP contribution in [0.2, 0.25) is 0 Å². The number of carboxylic acid groups (broad SMARTS) is 1. The summed E-state index contributed by atoms with van der Waals surface area (Å²) in [6, 6.07) is 7.62. The largest absolute Gasteiger partial charge is 0.493 e. The molecule has 2 N–H and O–H groups in total. The van der Waals surface area contributed by atoms with E-state index in [9.17, 15) is 9.59 Å². The van der Waals surface area contributed by atoms with E-state index < -0.39 is 11.5 Å². The van der Waals surface area contributed by atoms with Crippen LogP contribution in [-0.2, 0) is 0 Å². The summed E-state index contributed by atoms with van der Waals surface area (Å²) in [6.45, 7) is 2.35. The Labute approximate surface area is 179 Å². The van der Waals surface area contributed by atoms with Crippen molar-refractivity contribution in [1.82, 2.24) is 9.97 Å². The molecule has 0 spiro atoms. The van der Waals surface area contributed by atoms with Crippen molar-refractivity contribution in [2.75, 3.05) is 13.7 Å². The molecule has 0 atom stereocenters. The predicted octanol–water partition coefficient (Wildman–Crippen LogP) is 4.53. The first-order chi connectivity index (χ1) is 13.8. The van der Waals surface area contributed by atoms with Crippen molar-refractivity contribution in [2.45, 2.75) is 6.92 Å². The number of carbonyl (C=O) groups is 1. The summed E-state index contributed by atoms with van der Waals surface area (Å²) in [7, 11) is 1.53. The maximum atomic E-state index is 12.3. The maximum Gasteiger partial charge on any atom is 0.335 e. The number of halogens is 2. The van der Waals surface area contributed by atoms with E-state index in [1.165, 1.54) is 25.3 Å². The minimum Gasteiger partial charge on any atom is -0.493 e. The van der Waals surface area contributed by atoms with Crippen molar-refractivity contribution in [3.63, 3.8) is 0 Å². The van der Waals surface area contributed by atoms with Crippen molar-refractivity contribution < 1.29 is 19.4 Å². The van der Waals surface area contributed by atoms with Crippen molar-refractivity contribution >= 4 is 55.5 Å². The molecule has 0 aliphatic rings. The zero-order chi connectivity index (χ0) is 21.1. The van der Waals surface area contributed by atoms with Crippen LogP contribution in [0.5, 0.6) is 11.5 Å². The first kappa shape index (κ1) is 20.9. The average Bonchev–Trinajstić information content (AvgIpc) is 2.69. The molecular formula is C20H16BrClN2O5. The highest BCUT2D eigenvalue weighted by molar-refractivity contribution is 9.10. The summed E-state index contributed by atoms with van der Waals surface area (Å²) < 4.78 is 11.6. The van der Waals surface area contributed by atoms with E-state index in [0.717, 1.165) is 0 Å². The number of aromatic carboxylic acids is 1. The van der Waals surface area contributed by atoms with Gasteiger partial charge in [0.1, 0.15) is 0 Å². The smallest absolute Gasteiger partial charge is 0.335 e. The number of aromatic amines is 1. The second kappa shape index (κ2) is 8.67. The summed E-state index contributed by atoms with van der Waals surface area (Å²) in [4.78, 5) is 30.4. The molecule has 29 heavy (non-hydrogen) atoms. The number of H-pyrrole nitrogens is 1. The van der Waals surface area contributed by atoms with Crippen LogP contribution in [0.4, 0.5) is 0 Å². The second-order valence-corrected chi connectivity index (χ2v) is 7.17. The standard InChI is InChI=1S/C20H16BrClN2O5/c1-3-29-17-13(21)6-10(8-16(17)28-2)7-14(22)18-23-15-9-11(20(26)27)4-5-12(15)19(25)24-18/h4-9H,3H2,1-2H3,(H,26,27)(H,23,24,25)/b14-7+. The summed E-state index contributed by atoms with van der Waals surface area (Å²) in [5.74, 6) is 0.101. The van der Waals surface area contributed by atoms with Crippen molar-refractivity contribution in [2.24, 2.45) is 0 Å². The number of nitrogens with one attached hydrogen (secondary N) is 1. The van der Waals surface area contributed by atoms with E-state index in [1.807, 2.05) is 6.92 Å². The monoisotopic (exact) mass is 478 g/mol. The minimum atomic E-state index is -1.11. The van der Waals surface area contributed by atoms with Crippen molar-refractivity contribution in [3.05, 3.63) is 62.1 Å². The molecule has 0 unspecified atom stereocenters. The first-order valence-electron chi connectivity index (χ1n) is 8.49. The molecule has 3 rings (SSSR count). The Hall–Kier alpha value is -2.84. The number of aromatic nitrogens is 2. The molecule has 9 heteroatoms. The number of benzene rings is 2. The second-order valence-electron chi connectivity index (χ2n) is 5.91. The van der Waals surface area contributed by atoms with Gasteiger partial charge in [0.15, 0.2) is 17.3 Å². The molecule has 0 aliphatic carbocycles. The molecule has 3 aromatic rings. The molecule has 0 radical (unpaired) electrons. The number of nitrogens with zero attached hydrogens (tertiary/aromatic N) is 1. The number of hydrogen-bond donors (Lipinski definition) is 2. The van der Waals surface area contributed by atoms with Gasteiger partial charge in [-0.15, -0.1) is 0 Å². The Morgan fingerprint density at radius 1 is 1.34 bits per heavy atom. The predicted molar refractivity (Wildman–Crippen MR) is 115 cm³/mol. The Morgan fingerprint density at radius 2 is 2.10 bits per heavy atom. The Morgan fingerprint density at radius 3 is 2.76 bits per heavy atom. The van der Waals surface area contributed by atoms with Crippen LogP contribution in [0.1, 0.15) is 28.7 Å². The highest BCUT2D eigenvalue weighted by Crippen LogP contribution is 2.37. The molecule has 0 saturated heterocycles. The zero-order valence-electron chi connectivity index (χ0n) is 15.5. The number of rotatable bonds is 6. The lowest BCUT2D eigenvalue weighted by molar-refractivity contribution is 0.0697. The third kappa shape index (κ3) is 4.44. The topological polar surface area (TPSA) is 102 Å². The molecule has 0 saturated carbocycles. The fraction of sp³-hybridized carbons (Fsp3) is 0.150. The molecule has 0 bridgehead atoms. The van der Waals surface area contributed by atoms with Crippen LogP contribution in [0.25, 0.3) is 22.0 Å². The van der Waals surface area contributed by atoms with Crippen LogP contribution in [0, 0.1) is 0 Å². The van der Waals surface area contributed by atoms with E-state index in [-0.39, 0.29) is 27.3 Å². The highest BCUT2D eigenvalue weighted by Gasteiger charge is 2.13. The van der Waals surface area contributed by atoms with Gasteiger partial charge in [0.05, 0.1) is 39.7 Å². The SMILES string of the molecule is CCOc1c(Br)cc(/C=C(/Cl)c2nc3cc(C(=O)O)ccc3c(=O)[nH]2)cc1OC. The fourth-order valence-corrected chi connectivity index (χ4v) is 3.50. The molecule has 1 aromatic heterocycles. The number of fused-ring (bicyclic) bond motifs is 1. The molecule has 0 aliphatic heterocycles. The average molecular weight is 480 g/mol. The maximum absolute atomic E-state index is 12.3. The van der Waals surface area contributed by atoms with Gasteiger partial charge in [-0.25, -0.2) is 9.78 Å². The van der Waals surface area contributed by atoms with Crippen LogP contribution < -0.4 is 15.0 Å². The first-order valence-corrected chi connectivity index (χ1v) is 9.66. The zero-order valence-corrected chi connectivity index (χ0v) is 17.8. The van der Waals surface area contributed by atoms with Gasteiger partial charge in [0.2, 0.25) is 0 Å². The number of methoxy groups -OCH3 is 1. The molecule has 1 heterocycles. The van der Waals surface area contributed by atoms with Crippen LogP contribution in [0.3, 0.4) is 0 Å². The van der Waals surface area contributed by atoms with Gasteiger partial charge < -0.3 is 19.6 Å². The molecule has 150 valence electrons. The summed E-state index contributed by atoms with van der Waals surface area (Å²) >= 11 is 9.83. The van der Waals surface area contributed by atoms with E-state index in [2.05, 4.69) is 25.9 Å². The Balaban J connectivity index is 2.08. The van der Waals surface area contributed by atoms with Crippen molar-refractivity contribution in [1.29, 1.82) is 0 Å². The quantitative estimate of drug-likeness (QED) is 0.539. The van der Waals surface area contributed by atoms with Gasteiger partial charge in [0, 0.05) is 0 Å². The third-order valence-corrected chi connectivity index (χ3v) is 4.89. The van der Waals surface area contributed by atoms with E-state index in [0.29, 0.717) is 28.1 Å². The fourth-order valence-electron chi connectivity index (χ4n) is 2.71.